The van der Waals surface area contributed by atoms with Crippen molar-refractivity contribution < 1.29 is 0 Å². The Balaban J connectivity index is 2.74. The van der Waals surface area contributed by atoms with Crippen LogP contribution in [-0.2, 0) is 0 Å². The minimum Gasteiger partial charge on any atom is -0.315 e. The van der Waals surface area contributed by atoms with Crippen molar-refractivity contribution in [1.29, 1.82) is 0 Å². The molecule has 0 aliphatic carbocycles. The second-order valence-corrected chi connectivity index (χ2v) is 6.61. The predicted octanol–water partition coefficient (Wildman–Crippen LogP) is 3.71. The molecule has 0 radical (unpaired) electrons. The third-order valence-electron chi connectivity index (χ3n) is 3.20. The Morgan fingerprint density at radius 3 is 2.32 bits per heavy atom. The molecule has 19 heavy (non-hydrogen) atoms. The maximum atomic E-state index is 3.56. The van der Waals surface area contributed by atoms with Crippen LogP contribution in [0.25, 0.3) is 0 Å². The lowest BCUT2D eigenvalue weighted by atomic mass is 9.94. The third kappa shape index (κ3) is 6.22. The van der Waals surface area contributed by atoms with Crippen molar-refractivity contribution in [3.05, 3.63) is 35.9 Å². The Kier molecular flexibility index (Phi) is 6.53. The van der Waals surface area contributed by atoms with Crippen molar-refractivity contribution in [2.24, 2.45) is 5.41 Å². The zero-order chi connectivity index (χ0) is 14.3. The van der Waals surface area contributed by atoms with Crippen LogP contribution in [0.3, 0.4) is 0 Å². The average Bonchev–Trinajstić information content (AvgIpc) is 2.33. The van der Waals surface area contributed by atoms with Gasteiger partial charge in [0, 0.05) is 19.1 Å². The van der Waals surface area contributed by atoms with Crippen LogP contribution in [0.15, 0.2) is 30.3 Å². The van der Waals surface area contributed by atoms with Crippen molar-refractivity contribution in [1.82, 2.24) is 10.2 Å². The summed E-state index contributed by atoms with van der Waals surface area (Å²) in [6.07, 6.45) is 1.19. The van der Waals surface area contributed by atoms with Gasteiger partial charge in [0.25, 0.3) is 0 Å². The van der Waals surface area contributed by atoms with Gasteiger partial charge in [-0.15, -0.1) is 0 Å². The number of rotatable bonds is 7. The van der Waals surface area contributed by atoms with E-state index in [1.807, 2.05) is 0 Å². The topological polar surface area (TPSA) is 15.3 Å². The molecule has 1 rings (SSSR count). The Morgan fingerprint density at radius 1 is 1.16 bits per heavy atom. The SMILES string of the molecule is CCCNCC(c1ccccc1)N(C)CC(C)(C)C. The third-order valence-corrected chi connectivity index (χ3v) is 3.20. The van der Waals surface area contributed by atoms with E-state index in [0.29, 0.717) is 11.5 Å². The summed E-state index contributed by atoms with van der Waals surface area (Å²) < 4.78 is 0. The van der Waals surface area contributed by atoms with Gasteiger partial charge in [-0.2, -0.15) is 0 Å². The first-order chi connectivity index (χ1) is 8.94. The molecule has 2 heteroatoms. The van der Waals surface area contributed by atoms with Gasteiger partial charge >= 0.3 is 0 Å². The van der Waals surface area contributed by atoms with E-state index < -0.39 is 0 Å². The predicted molar refractivity (Wildman–Crippen MR) is 84.4 cm³/mol. The highest BCUT2D eigenvalue weighted by Crippen LogP contribution is 2.23. The van der Waals surface area contributed by atoms with Crippen LogP contribution in [0.4, 0.5) is 0 Å². The van der Waals surface area contributed by atoms with Gasteiger partial charge in [0.15, 0.2) is 0 Å². The molecule has 1 aromatic rings. The number of nitrogens with one attached hydrogen (secondary N) is 1. The summed E-state index contributed by atoms with van der Waals surface area (Å²) >= 11 is 0. The van der Waals surface area contributed by atoms with Crippen molar-refractivity contribution in [2.75, 3.05) is 26.7 Å². The fraction of sp³-hybridized carbons (Fsp3) is 0.647. The average molecular weight is 262 g/mol. The van der Waals surface area contributed by atoms with E-state index in [4.69, 9.17) is 0 Å². The molecule has 0 aromatic heterocycles. The molecule has 0 aliphatic rings. The second kappa shape index (κ2) is 7.66. The molecule has 0 heterocycles. The Labute approximate surface area is 119 Å². The maximum Gasteiger partial charge on any atom is 0.0469 e. The molecule has 1 aromatic carbocycles. The van der Waals surface area contributed by atoms with Gasteiger partial charge in [0.05, 0.1) is 0 Å². The molecular weight excluding hydrogens is 232 g/mol. The van der Waals surface area contributed by atoms with Crippen molar-refractivity contribution in [3.8, 4) is 0 Å². The highest BCUT2D eigenvalue weighted by Gasteiger charge is 2.21. The van der Waals surface area contributed by atoms with Gasteiger partial charge in [-0.05, 0) is 31.0 Å². The molecule has 2 nitrogen and oxygen atoms in total. The monoisotopic (exact) mass is 262 g/mol. The van der Waals surface area contributed by atoms with Gasteiger partial charge < -0.3 is 5.32 Å². The molecule has 0 bridgehead atoms. The van der Waals surface area contributed by atoms with Crippen molar-refractivity contribution >= 4 is 0 Å². The van der Waals surface area contributed by atoms with E-state index in [-0.39, 0.29) is 0 Å². The Hall–Kier alpha value is -0.860. The molecule has 1 atom stereocenters. The first kappa shape index (κ1) is 16.2. The number of hydrogen-bond donors (Lipinski definition) is 1. The van der Waals surface area contributed by atoms with E-state index in [1.54, 1.807) is 0 Å². The van der Waals surface area contributed by atoms with Gasteiger partial charge in [-0.1, -0.05) is 58.0 Å². The smallest absolute Gasteiger partial charge is 0.0469 e. The van der Waals surface area contributed by atoms with Crippen LogP contribution in [-0.4, -0.2) is 31.6 Å². The van der Waals surface area contributed by atoms with Crippen molar-refractivity contribution in [3.63, 3.8) is 0 Å². The van der Waals surface area contributed by atoms with Crippen LogP contribution in [0.1, 0.15) is 45.7 Å². The molecular formula is C17H30N2. The van der Waals surface area contributed by atoms with Crippen LogP contribution < -0.4 is 5.32 Å². The van der Waals surface area contributed by atoms with E-state index in [9.17, 15) is 0 Å². The van der Waals surface area contributed by atoms with Crippen LogP contribution in [0.2, 0.25) is 0 Å². The minimum absolute atomic E-state index is 0.326. The lowest BCUT2D eigenvalue weighted by Gasteiger charge is -2.34. The van der Waals surface area contributed by atoms with Gasteiger partial charge in [0.2, 0.25) is 0 Å². The first-order valence-corrected chi connectivity index (χ1v) is 7.40. The number of nitrogens with zero attached hydrogens (tertiary/aromatic N) is 1. The molecule has 0 amide bonds. The largest absolute Gasteiger partial charge is 0.315 e. The molecule has 108 valence electrons. The quantitative estimate of drug-likeness (QED) is 0.754. The highest BCUT2D eigenvalue weighted by molar-refractivity contribution is 5.19. The highest BCUT2D eigenvalue weighted by atomic mass is 15.2. The van der Waals surface area contributed by atoms with E-state index >= 15 is 0 Å². The van der Waals surface area contributed by atoms with Gasteiger partial charge in [-0.3, -0.25) is 4.90 Å². The van der Waals surface area contributed by atoms with Crippen molar-refractivity contribution in [2.45, 2.75) is 40.2 Å². The Bertz CT molecular complexity index is 340. The normalized spacial score (nSPS) is 13.8. The second-order valence-electron chi connectivity index (χ2n) is 6.61. The molecule has 0 saturated heterocycles. The fourth-order valence-corrected chi connectivity index (χ4v) is 2.48. The molecule has 1 unspecified atom stereocenters. The number of benzene rings is 1. The lowest BCUT2D eigenvalue weighted by Crippen LogP contribution is -2.38. The summed E-state index contributed by atoms with van der Waals surface area (Å²) in [5.74, 6) is 0. The molecule has 0 aliphatic heterocycles. The van der Waals surface area contributed by atoms with Crippen LogP contribution in [0.5, 0.6) is 0 Å². The molecule has 1 N–H and O–H groups in total. The first-order valence-electron chi connectivity index (χ1n) is 7.40. The summed E-state index contributed by atoms with van der Waals surface area (Å²) in [5, 5.41) is 3.56. The van der Waals surface area contributed by atoms with Crippen LogP contribution in [0, 0.1) is 5.41 Å². The summed E-state index contributed by atoms with van der Waals surface area (Å²) in [4.78, 5) is 2.47. The maximum absolute atomic E-state index is 3.56. The minimum atomic E-state index is 0.326. The lowest BCUT2D eigenvalue weighted by molar-refractivity contribution is 0.169. The standard InChI is InChI=1S/C17H30N2/c1-6-12-18-13-16(15-10-8-7-9-11-15)19(5)14-17(2,3)4/h7-11,16,18H,6,12-14H2,1-5H3. The fourth-order valence-electron chi connectivity index (χ4n) is 2.48. The Morgan fingerprint density at radius 2 is 1.79 bits per heavy atom. The summed E-state index contributed by atoms with van der Waals surface area (Å²) in [7, 11) is 2.23. The summed E-state index contributed by atoms with van der Waals surface area (Å²) in [6, 6.07) is 11.3. The van der Waals surface area contributed by atoms with E-state index in [1.165, 1.54) is 12.0 Å². The van der Waals surface area contributed by atoms with E-state index in [0.717, 1.165) is 19.6 Å². The number of hydrogen-bond acceptors (Lipinski definition) is 2. The van der Waals surface area contributed by atoms with E-state index in [2.05, 4.69) is 75.3 Å². The zero-order valence-corrected chi connectivity index (χ0v) is 13.2. The van der Waals surface area contributed by atoms with Crippen LogP contribution >= 0.6 is 0 Å². The molecule has 0 spiro atoms. The molecule has 0 fully saturated rings. The summed E-state index contributed by atoms with van der Waals surface area (Å²) in [5.41, 5.74) is 1.73. The van der Waals surface area contributed by atoms with Gasteiger partial charge in [0.1, 0.15) is 0 Å². The number of likely N-dealkylation sites (N-methyl/N-ethyl adjacent to an activating group) is 1. The van der Waals surface area contributed by atoms with Gasteiger partial charge in [-0.25, -0.2) is 0 Å². The zero-order valence-electron chi connectivity index (χ0n) is 13.2. The summed E-state index contributed by atoms with van der Waals surface area (Å²) in [6.45, 7) is 12.3. The molecule has 0 saturated carbocycles.